The second-order valence-electron chi connectivity index (χ2n) is 10.1. The van der Waals surface area contributed by atoms with Crippen molar-refractivity contribution >= 4 is 17.6 Å². The van der Waals surface area contributed by atoms with Crippen molar-refractivity contribution in [3.05, 3.63) is 35.9 Å². The number of piperidine rings is 1. The van der Waals surface area contributed by atoms with E-state index in [1.54, 1.807) is 24.1 Å². The molecule has 4 rings (SSSR count). The molecular weight excluding hydrogens is 475 g/mol. The zero-order valence-electron chi connectivity index (χ0n) is 20.9. The maximum Gasteiger partial charge on any atom is 0.410 e. The summed E-state index contributed by atoms with van der Waals surface area (Å²) in [5, 5.41) is 7.58. The number of fused-ring (bicyclic) bond motifs is 1. The number of imidazole rings is 1. The third-order valence-corrected chi connectivity index (χ3v) is 5.94. The third-order valence-electron chi connectivity index (χ3n) is 5.94. The SMILES string of the molecule is Cc1cc2ncc(-c3cncc(NC4CCCN(C(=O)OC(C)(C)C)C4)n3)n2nc1C(C)C(F)(F)F. The number of alkyl halides is 3. The van der Waals surface area contributed by atoms with Gasteiger partial charge in [-0.15, -0.1) is 0 Å². The number of aryl methyl sites for hydroxylation is 1. The van der Waals surface area contributed by atoms with E-state index < -0.39 is 17.7 Å². The molecule has 1 saturated heterocycles. The Morgan fingerprint density at radius 2 is 1.97 bits per heavy atom. The average Bonchev–Trinajstić information content (AvgIpc) is 3.19. The zero-order chi connectivity index (χ0) is 26.3. The number of likely N-dealkylation sites (tertiary alicyclic amines) is 1. The summed E-state index contributed by atoms with van der Waals surface area (Å²) in [6.07, 6.45) is 1.46. The molecule has 0 radical (unpaired) electrons. The summed E-state index contributed by atoms with van der Waals surface area (Å²) in [6, 6.07) is 1.52. The smallest absolute Gasteiger partial charge is 0.410 e. The van der Waals surface area contributed by atoms with Crippen LogP contribution in [0.5, 0.6) is 0 Å². The summed E-state index contributed by atoms with van der Waals surface area (Å²) in [5.41, 5.74) is 1.03. The van der Waals surface area contributed by atoms with Crippen molar-refractivity contribution in [1.82, 2.24) is 29.5 Å². The molecule has 0 saturated carbocycles. The molecule has 12 heteroatoms. The monoisotopic (exact) mass is 505 g/mol. The molecule has 9 nitrogen and oxygen atoms in total. The van der Waals surface area contributed by atoms with Crippen molar-refractivity contribution in [2.75, 3.05) is 18.4 Å². The maximum absolute atomic E-state index is 13.4. The number of nitrogens with one attached hydrogen (secondary N) is 1. The number of nitrogens with zero attached hydrogens (tertiary/aromatic N) is 6. The molecule has 1 amide bonds. The van der Waals surface area contributed by atoms with Gasteiger partial charge in [0.05, 0.1) is 30.2 Å². The number of carbonyl (C=O) groups is 1. The standard InChI is InChI=1S/C24H30F3N7O2/c1-14-9-20-29-11-18(34(20)32-21(14)15(2)24(25,26)27)17-10-28-12-19(31-17)30-16-7-6-8-33(13-16)22(35)36-23(3,4)5/h9-12,15-16H,6-8,13H2,1-5H3,(H,30,31). The molecule has 3 aromatic rings. The normalized spacial score (nSPS) is 17.8. The number of aromatic nitrogens is 5. The summed E-state index contributed by atoms with van der Waals surface area (Å²) in [6.45, 7) is 9.24. The van der Waals surface area contributed by atoms with Gasteiger partial charge in [-0.1, -0.05) is 0 Å². The summed E-state index contributed by atoms with van der Waals surface area (Å²) in [5.74, 6) is -1.25. The fourth-order valence-corrected chi connectivity index (χ4v) is 4.13. The Hall–Kier alpha value is -3.44. The lowest BCUT2D eigenvalue weighted by atomic mass is 10.0. The summed E-state index contributed by atoms with van der Waals surface area (Å²) in [7, 11) is 0. The maximum atomic E-state index is 13.4. The average molecular weight is 506 g/mol. The van der Waals surface area contributed by atoms with Crippen LogP contribution in [0, 0.1) is 6.92 Å². The van der Waals surface area contributed by atoms with Gasteiger partial charge in [-0.25, -0.2) is 19.3 Å². The first-order chi connectivity index (χ1) is 16.8. The zero-order valence-corrected chi connectivity index (χ0v) is 20.9. The van der Waals surface area contributed by atoms with Crippen molar-refractivity contribution in [1.29, 1.82) is 0 Å². The molecule has 2 atom stereocenters. The fourth-order valence-electron chi connectivity index (χ4n) is 4.13. The molecule has 0 aliphatic carbocycles. The Kier molecular flexibility index (Phi) is 6.80. The fraction of sp³-hybridized carbons (Fsp3) is 0.542. The number of anilines is 1. The van der Waals surface area contributed by atoms with E-state index in [0.29, 0.717) is 41.5 Å². The second kappa shape index (κ2) is 9.55. The first-order valence-corrected chi connectivity index (χ1v) is 11.8. The quantitative estimate of drug-likeness (QED) is 0.535. The Morgan fingerprint density at radius 1 is 1.22 bits per heavy atom. The van der Waals surface area contributed by atoms with Gasteiger partial charge < -0.3 is 15.0 Å². The van der Waals surface area contributed by atoms with E-state index in [-0.39, 0.29) is 17.8 Å². The number of hydrogen-bond acceptors (Lipinski definition) is 7. The van der Waals surface area contributed by atoms with Gasteiger partial charge in [0.1, 0.15) is 22.8 Å². The van der Waals surface area contributed by atoms with E-state index in [9.17, 15) is 18.0 Å². The topological polar surface area (TPSA) is 97.5 Å². The van der Waals surface area contributed by atoms with Gasteiger partial charge in [-0.2, -0.15) is 18.3 Å². The molecule has 4 heterocycles. The van der Waals surface area contributed by atoms with Crippen molar-refractivity contribution in [3.63, 3.8) is 0 Å². The van der Waals surface area contributed by atoms with Crippen LogP contribution in [0.3, 0.4) is 0 Å². The Labute approximate surface area is 207 Å². The van der Waals surface area contributed by atoms with Crippen LogP contribution >= 0.6 is 0 Å². The lowest BCUT2D eigenvalue weighted by molar-refractivity contribution is -0.147. The number of hydrogen-bond donors (Lipinski definition) is 1. The van der Waals surface area contributed by atoms with Gasteiger partial charge in [0.15, 0.2) is 5.65 Å². The van der Waals surface area contributed by atoms with E-state index in [1.165, 1.54) is 16.9 Å². The predicted molar refractivity (Wildman–Crippen MR) is 128 cm³/mol. The molecule has 0 spiro atoms. The van der Waals surface area contributed by atoms with E-state index >= 15 is 0 Å². The Balaban J connectivity index is 1.56. The molecule has 0 aromatic carbocycles. The summed E-state index contributed by atoms with van der Waals surface area (Å²) in [4.78, 5) is 27.3. The molecule has 1 fully saturated rings. The second-order valence-corrected chi connectivity index (χ2v) is 10.1. The highest BCUT2D eigenvalue weighted by atomic mass is 19.4. The number of halogens is 3. The lowest BCUT2D eigenvalue weighted by Gasteiger charge is -2.34. The Bertz CT molecular complexity index is 1250. The van der Waals surface area contributed by atoms with Gasteiger partial charge in [0.2, 0.25) is 0 Å². The van der Waals surface area contributed by atoms with E-state index in [0.717, 1.165) is 19.8 Å². The molecule has 0 bridgehead atoms. The van der Waals surface area contributed by atoms with Crippen molar-refractivity contribution < 1.29 is 22.7 Å². The number of ether oxygens (including phenoxy) is 1. The van der Waals surface area contributed by atoms with Gasteiger partial charge >= 0.3 is 12.3 Å². The first-order valence-electron chi connectivity index (χ1n) is 11.8. The van der Waals surface area contributed by atoms with Gasteiger partial charge in [-0.3, -0.25) is 4.98 Å². The van der Waals surface area contributed by atoms with Crippen LogP contribution in [0.4, 0.5) is 23.8 Å². The first kappa shape index (κ1) is 25.6. The minimum absolute atomic E-state index is 0.0574. The van der Waals surface area contributed by atoms with Crippen LogP contribution in [-0.2, 0) is 4.74 Å². The van der Waals surface area contributed by atoms with Crippen LogP contribution in [0.1, 0.15) is 57.7 Å². The van der Waals surface area contributed by atoms with Crippen LogP contribution in [0.2, 0.25) is 0 Å². The Morgan fingerprint density at radius 3 is 2.67 bits per heavy atom. The molecular formula is C24H30F3N7O2. The number of amides is 1. The molecule has 3 aromatic heterocycles. The lowest BCUT2D eigenvalue weighted by Crippen LogP contribution is -2.47. The van der Waals surface area contributed by atoms with Gasteiger partial charge in [0, 0.05) is 19.1 Å². The summed E-state index contributed by atoms with van der Waals surface area (Å²) < 4.78 is 47.0. The van der Waals surface area contributed by atoms with Crippen LogP contribution < -0.4 is 5.32 Å². The molecule has 194 valence electrons. The highest BCUT2D eigenvalue weighted by Crippen LogP contribution is 2.35. The van der Waals surface area contributed by atoms with Gasteiger partial charge in [-0.05, 0) is 59.1 Å². The van der Waals surface area contributed by atoms with Crippen LogP contribution in [0.15, 0.2) is 24.7 Å². The largest absolute Gasteiger partial charge is 0.444 e. The number of carbonyl (C=O) groups excluding carboxylic acids is 1. The third kappa shape index (κ3) is 5.68. The highest BCUT2D eigenvalue weighted by Gasteiger charge is 2.39. The number of rotatable bonds is 4. The molecule has 1 aliphatic heterocycles. The van der Waals surface area contributed by atoms with E-state index in [1.807, 2.05) is 20.8 Å². The minimum Gasteiger partial charge on any atom is -0.444 e. The minimum atomic E-state index is -4.41. The summed E-state index contributed by atoms with van der Waals surface area (Å²) >= 11 is 0. The van der Waals surface area contributed by atoms with Crippen LogP contribution in [-0.4, -0.2) is 66.5 Å². The van der Waals surface area contributed by atoms with Gasteiger partial charge in [0.25, 0.3) is 0 Å². The van der Waals surface area contributed by atoms with E-state index in [4.69, 9.17) is 4.74 Å². The predicted octanol–water partition coefficient (Wildman–Crippen LogP) is 4.97. The van der Waals surface area contributed by atoms with Crippen molar-refractivity contribution in [2.24, 2.45) is 0 Å². The van der Waals surface area contributed by atoms with E-state index in [2.05, 4.69) is 25.4 Å². The molecule has 36 heavy (non-hydrogen) atoms. The molecule has 1 N–H and O–H groups in total. The molecule has 2 unspecified atom stereocenters. The highest BCUT2D eigenvalue weighted by molar-refractivity contribution is 5.68. The molecule has 1 aliphatic rings. The van der Waals surface area contributed by atoms with Crippen LogP contribution in [0.25, 0.3) is 17.0 Å². The van der Waals surface area contributed by atoms with Crippen molar-refractivity contribution in [3.8, 4) is 11.4 Å². The van der Waals surface area contributed by atoms with Crippen molar-refractivity contribution in [2.45, 2.75) is 71.2 Å².